The summed E-state index contributed by atoms with van der Waals surface area (Å²) < 4.78 is 13.6. The van der Waals surface area contributed by atoms with Crippen LogP contribution in [-0.2, 0) is 22.4 Å². The van der Waals surface area contributed by atoms with Crippen LogP contribution in [0.15, 0.2) is 12.2 Å². The van der Waals surface area contributed by atoms with Gasteiger partial charge in [-0.2, -0.15) is 5.10 Å². The van der Waals surface area contributed by atoms with Crippen LogP contribution in [0.5, 0.6) is 0 Å². The Labute approximate surface area is 142 Å². The molecule has 130 valence electrons. The number of hydrogen-bond donors (Lipinski definition) is 0. The van der Waals surface area contributed by atoms with E-state index in [1.165, 1.54) is 0 Å². The Morgan fingerprint density at radius 3 is 2.83 bits per heavy atom. The minimum Gasteiger partial charge on any atom is -0.369 e. The first-order chi connectivity index (χ1) is 11.5. The largest absolute Gasteiger partial charge is 0.369 e. The van der Waals surface area contributed by atoms with E-state index in [0.29, 0.717) is 26.2 Å². The predicted octanol–water partition coefficient (Wildman–Crippen LogP) is 2.10. The molecule has 1 amide bonds. The van der Waals surface area contributed by atoms with Gasteiger partial charge < -0.3 is 14.4 Å². The van der Waals surface area contributed by atoms with Crippen molar-refractivity contribution in [3.8, 4) is 0 Å². The standard InChI is InChI=1S/C18H25N3O3/c1-4-21-16(14-9-12(2)24-13(3)15(14)19-21)17(22)20-10-18(11-20)7-5-6-8-23-18/h5-6,12-13H,4,7-11H2,1-3H3/t12-,13+/m0/s1. The van der Waals surface area contributed by atoms with Crippen LogP contribution in [-0.4, -0.2) is 52.0 Å². The average molecular weight is 331 g/mol. The first kappa shape index (κ1) is 15.8. The summed E-state index contributed by atoms with van der Waals surface area (Å²) in [5.41, 5.74) is 2.57. The molecule has 4 heterocycles. The van der Waals surface area contributed by atoms with Crippen LogP contribution in [0.3, 0.4) is 0 Å². The molecule has 2 atom stereocenters. The van der Waals surface area contributed by atoms with E-state index < -0.39 is 0 Å². The summed E-state index contributed by atoms with van der Waals surface area (Å²) >= 11 is 0. The van der Waals surface area contributed by atoms with Gasteiger partial charge in [-0.1, -0.05) is 12.2 Å². The molecule has 4 rings (SSSR count). The molecule has 0 bridgehead atoms. The Hall–Kier alpha value is -1.66. The molecule has 0 saturated carbocycles. The van der Waals surface area contributed by atoms with Crippen LogP contribution < -0.4 is 0 Å². The van der Waals surface area contributed by atoms with Crippen molar-refractivity contribution < 1.29 is 14.3 Å². The molecule has 1 saturated heterocycles. The minimum atomic E-state index is -0.161. The molecule has 1 spiro atoms. The van der Waals surface area contributed by atoms with Crippen LogP contribution in [0, 0.1) is 0 Å². The Kier molecular flexibility index (Phi) is 3.77. The molecule has 0 radical (unpaired) electrons. The highest BCUT2D eigenvalue weighted by atomic mass is 16.5. The quantitative estimate of drug-likeness (QED) is 0.779. The second kappa shape index (κ2) is 5.70. The third kappa shape index (κ3) is 2.40. The number of rotatable bonds is 2. The third-order valence-electron chi connectivity index (χ3n) is 5.28. The lowest BCUT2D eigenvalue weighted by atomic mass is 9.88. The summed E-state index contributed by atoms with van der Waals surface area (Å²) in [6.07, 6.45) is 5.90. The lowest BCUT2D eigenvalue weighted by Crippen LogP contribution is -2.65. The molecule has 24 heavy (non-hydrogen) atoms. The highest BCUT2D eigenvalue weighted by molar-refractivity contribution is 5.95. The van der Waals surface area contributed by atoms with Gasteiger partial charge in [0.25, 0.3) is 5.91 Å². The summed E-state index contributed by atoms with van der Waals surface area (Å²) in [4.78, 5) is 15.0. The van der Waals surface area contributed by atoms with Gasteiger partial charge in [0.1, 0.15) is 11.3 Å². The molecule has 0 aliphatic carbocycles. The predicted molar refractivity (Wildman–Crippen MR) is 88.9 cm³/mol. The van der Waals surface area contributed by atoms with E-state index in [0.717, 1.165) is 29.8 Å². The van der Waals surface area contributed by atoms with Gasteiger partial charge in [0.05, 0.1) is 37.6 Å². The van der Waals surface area contributed by atoms with Crippen LogP contribution >= 0.6 is 0 Å². The number of ether oxygens (including phenoxy) is 2. The highest BCUT2D eigenvalue weighted by Crippen LogP contribution is 2.36. The van der Waals surface area contributed by atoms with Gasteiger partial charge in [-0.25, -0.2) is 0 Å². The summed E-state index contributed by atoms with van der Waals surface area (Å²) in [5.74, 6) is 0.0793. The molecular formula is C18H25N3O3. The number of carbonyl (C=O) groups is 1. The number of hydrogen-bond acceptors (Lipinski definition) is 4. The maximum absolute atomic E-state index is 13.1. The molecule has 0 unspecified atom stereocenters. The fourth-order valence-corrected chi connectivity index (χ4v) is 4.08. The Balaban J connectivity index is 1.60. The Morgan fingerprint density at radius 2 is 2.17 bits per heavy atom. The Morgan fingerprint density at radius 1 is 1.38 bits per heavy atom. The molecule has 1 aromatic rings. The van der Waals surface area contributed by atoms with Gasteiger partial charge in [-0.05, 0) is 27.2 Å². The summed E-state index contributed by atoms with van der Waals surface area (Å²) in [6, 6.07) is 0. The molecule has 3 aliphatic rings. The lowest BCUT2D eigenvalue weighted by molar-refractivity contribution is -0.124. The monoisotopic (exact) mass is 331 g/mol. The van der Waals surface area contributed by atoms with E-state index >= 15 is 0 Å². The minimum absolute atomic E-state index is 0.0577. The van der Waals surface area contributed by atoms with Crippen molar-refractivity contribution in [1.29, 1.82) is 0 Å². The van der Waals surface area contributed by atoms with Crippen molar-refractivity contribution >= 4 is 5.91 Å². The smallest absolute Gasteiger partial charge is 0.272 e. The Bertz CT molecular complexity index is 688. The zero-order valence-corrected chi connectivity index (χ0v) is 14.6. The van der Waals surface area contributed by atoms with E-state index in [9.17, 15) is 4.79 Å². The van der Waals surface area contributed by atoms with Crippen LogP contribution in [0.4, 0.5) is 0 Å². The van der Waals surface area contributed by atoms with Crippen LogP contribution in [0.1, 0.15) is 55.0 Å². The summed E-state index contributed by atoms with van der Waals surface area (Å²) in [6.45, 7) is 8.76. The van der Waals surface area contributed by atoms with Crippen molar-refractivity contribution in [2.24, 2.45) is 0 Å². The van der Waals surface area contributed by atoms with E-state index in [1.807, 2.05) is 29.5 Å². The van der Waals surface area contributed by atoms with Crippen molar-refractivity contribution in [3.05, 3.63) is 29.1 Å². The number of fused-ring (bicyclic) bond motifs is 1. The molecular weight excluding hydrogens is 306 g/mol. The lowest BCUT2D eigenvalue weighted by Gasteiger charge is -2.50. The van der Waals surface area contributed by atoms with Crippen LogP contribution in [0.2, 0.25) is 0 Å². The molecule has 3 aliphatic heterocycles. The molecule has 1 aromatic heterocycles. The summed E-state index contributed by atoms with van der Waals surface area (Å²) in [7, 11) is 0. The van der Waals surface area contributed by atoms with Gasteiger partial charge in [0.15, 0.2) is 0 Å². The van der Waals surface area contributed by atoms with E-state index in [4.69, 9.17) is 9.47 Å². The maximum Gasteiger partial charge on any atom is 0.272 e. The van der Waals surface area contributed by atoms with Gasteiger partial charge in [-0.3, -0.25) is 9.48 Å². The molecule has 1 fully saturated rings. The SMILES string of the molecule is CCn1nc2c(c1C(=O)N1CC3(CC=CCO3)C1)C[C@H](C)O[C@@H]2C. The van der Waals surface area contributed by atoms with E-state index in [1.54, 1.807) is 0 Å². The number of likely N-dealkylation sites (tertiary alicyclic amines) is 1. The van der Waals surface area contributed by atoms with E-state index in [-0.39, 0.29) is 23.7 Å². The summed E-state index contributed by atoms with van der Waals surface area (Å²) in [5, 5.41) is 4.65. The maximum atomic E-state index is 13.1. The highest BCUT2D eigenvalue weighted by Gasteiger charge is 2.47. The zero-order valence-electron chi connectivity index (χ0n) is 14.6. The topological polar surface area (TPSA) is 56.6 Å². The number of aromatic nitrogens is 2. The molecule has 0 aromatic carbocycles. The first-order valence-corrected chi connectivity index (χ1v) is 8.86. The number of nitrogens with zero attached hydrogens (tertiary/aromatic N) is 3. The van der Waals surface area contributed by atoms with Crippen molar-refractivity contribution in [1.82, 2.24) is 14.7 Å². The first-order valence-electron chi connectivity index (χ1n) is 8.86. The number of aryl methyl sites for hydroxylation is 1. The second-order valence-electron chi connectivity index (χ2n) is 7.15. The number of amides is 1. The van der Waals surface area contributed by atoms with Crippen molar-refractivity contribution in [2.75, 3.05) is 19.7 Å². The van der Waals surface area contributed by atoms with Gasteiger partial charge >= 0.3 is 0 Å². The second-order valence-corrected chi connectivity index (χ2v) is 7.15. The van der Waals surface area contributed by atoms with Crippen molar-refractivity contribution in [3.63, 3.8) is 0 Å². The molecule has 6 nitrogen and oxygen atoms in total. The average Bonchev–Trinajstić information content (AvgIpc) is 2.91. The number of carbonyl (C=O) groups excluding carboxylic acids is 1. The molecule has 0 N–H and O–H groups in total. The van der Waals surface area contributed by atoms with Gasteiger partial charge in [-0.15, -0.1) is 0 Å². The van der Waals surface area contributed by atoms with Gasteiger partial charge in [0, 0.05) is 18.5 Å². The van der Waals surface area contributed by atoms with E-state index in [2.05, 4.69) is 18.1 Å². The van der Waals surface area contributed by atoms with Gasteiger partial charge in [0.2, 0.25) is 0 Å². The van der Waals surface area contributed by atoms with Crippen LogP contribution in [0.25, 0.3) is 0 Å². The molecule has 6 heteroatoms. The normalized spacial score (nSPS) is 27.9. The zero-order chi connectivity index (χ0) is 16.9. The van der Waals surface area contributed by atoms with Crippen molar-refractivity contribution in [2.45, 2.75) is 58.0 Å². The fraction of sp³-hybridized carbons (Fsp3) is 0.667. The third-order valence-corrected chi connectivity index (χ3v) is 5.28. The fourth-order valence-electron chi connectivity index (χ4n) is 4.08.